The SMILES string of the molecule is NCCCCCCC(=O)Cc1c(F)ccc(Br)c1F. The van der Waals surface area contributed by atoms with Crippen molar-refractivity contribution >= 4 is 21.7 Å². The van der Waals surface area contributed by atoms with Crippen molar-refractivity contribution in [3.8, 4) is 0 Å². The van der Waals surface area contributed by atoms with Gasteiger partial charge in [-0.05, 0) is 47.4 Å². The van der Waals surface area contributed by atoms with E-state index in [4.69, 9.17) is 5.73 Å². The maximum absolute atomic E-state index is 13.7. The third-order valence-corrected chi connectivity index (χ3v) is 3.54. The second kappa shape index (κ2) is 8.38. The summed E-state index contributed by atoms with van der Waals surface area (Å²) in [4.78, 5) is 11.7. The molecule has 0 atom stereocenters. The molecule has 0 heterocycles. The van der Waals surface area contributed by atoms with Gasteiger partial charge >= 0.3 is 0 Å². The van der Waals surface area contributed by atoms with E-state index >= 15 is 0 Å². The number of benzene rings is 1. The van der Waals surface area contributed by atoms with Crippen molar-refractivity contribution in [2.24, 2.45) is 5.73 Å². The molecule has 19 heavy (non-hydrogen) atoms. The number of Topliss-reactive ketones (excluding diaryl/α,β-unsaturated/α-hetero) is 1. The summed E-state index contributed by atoms with van der Waals surface area (Å²) < 4.78 is 27.3. The van der Waals surface area contributed by atoms with E-state index in [0.717, 1.165) is 31.7 Å². The van der Waals surface area contributed by atoms with E-state index in [2.05, 4.69) is 15.9 Å². The molecule has 0 amide bonds. The molecule has 1 aromatic carbocycles. The Hall–Kier alpha value is -0.810. The predicted octanol–water partition coefficient (Wildman–Crippen LogP) is 3.75. The maximum Gasteiger partial charge on any atom is 0.143 e. The highest BCUT2D eigenvalue weighted by Crippen LogP contribution is 2.22. The van der Waals surface area contributed by atoms with Crippen molar-refractivity contribution in [3.05, 3.63) is 33.8 Å². The van der Waals surface area contributed by atoms with Crippen molar-refractivity contribution in [1.82, 2.24) is 0 Å². The lowest BCUT2D eigenvalue weighted by atomic mass is 10.0. The Morgan fingerprint density at radius 3 is 2.53 bits per heavy atom. The molecule has 0 aliphatic rings. The van der Waals surface area contributed by atoms with Gasteiger partial charge in [-0.25, -0.2) is 8.78 Å². The van der Waals surface area contributed by atoms with Gasteiger partial charge in [0.2, 0.25) is 0 Å². The first-order valence-corrected chi connectivity index (χ1v) is 7.19. The molecule has 0 aromatic heterocycles. The van der Waals surface area contributed by atoms with Gasteiger partial charge in [-0.1, -0.05) is 12.8 Å². The van der Waals surface area contributed by atoms with E-state index < -0.39 is 11.6 Å². The normalized spacial score (nSPS) is 10.7. The zero-order valence-electron chi connectivity index (χ0n) is 10.7. The van der Waals surface area contributed by atoms with Crippen LogP contribution in [0.1, 0.15) is 37.7 Å². The first-order valence-electron chi connectivity index (χ1n) is 6.40. The topological polar surface area (TPSA) is 43.1 Å². The van der Waals surface area contributed by atoms with Crippen LogP contribution >= 0.6 is 15.9 Å². The van der Waals surface area contributed by atoms with Gasteiger partial charge in [0.05, 0.1) is 4.47 Å². The van der Waals surface area contributed by atoms with E-state index in [9.17, 15) is 13.6 Å². The lowest BCUT2D eigenvalue weighted by Crippen LogP contribution is -2.07. The summed E-state index contributed by atoms with van der Waals surface area (Å²) in [5.41, 5.74) is 5.21. The second-order valence-corrected chi connectivity index (χ2v) is 5.34. The van der Waals surface area contributed by atoms with Crippen LogP contribution in [-0.2, 0) is 11.2 Å². The molecule has 0 saturated heterocycles. The van der Waals surface area contributed by atoms with Crippen LogP contribution in [0.2, 0.25) is 0 Å². The zero-order valence-corrected chi connectivity index (χ0v) is 12.3. The van der Waals surface area contributed by atoms with Gasteiger partial charge in [0.15, 0.2) is 0 Å². The van der Waals surface area contributed by atoms with Crippen molar-refractivity contribution in [2.75, 3.05) is 6.54 Å². The summed E-state index contributed by atoms with van der Waals surface area (Å²) in [5.74, 6) is -1.49. The number of unbranched alkanes of at least 4 members (excludes halogenated alkanes) is 3. The van der Waals surface area contributed by atoms with E-state index in [1.807, 2.05) is 0 Å². The molecule has 0 bridgehead atoms. The van der Waals surface area contributed by atoms with Crippen molar-refractivity contribution in [3.63, 3.8) is 0 Å². The number of hydrogen-bond donors (Lipinski definition) is 1. The molecule has 2 nitrogen and oxygen atoms in total. The summed E-state index contributed by atoms with van der Waals surface area (Å²) in [5, 5.41) is 0. The molecule has 1 rings (SSSR count). The van der Waals surface area contributed by atoms with Crippen LogP contribution < -0.4 is 5.73 Å². The molecule has 0 fully saturated rings. The molecule has 0 radical (unpaired) electrons. The summed E-state index contributed by atoms with van der Waals surface area (Å²) >= 11 is 2.99. The van der Waals surface area contributed by atoms with E-state index in [1.54, 1.807) is 0 Å². The number of hydrogen-bond acceptors (Lipinski definition) is 2. The maximum atomic E-state index is 13.7. The van der Waals surface area contributed by atoms with Crippen LogP contribution in [0, 0.1) is 11.6 Å². The fourth-order valence-electron chi connectivity index (χ4n) is 1.84. The fraction of sp³-hybridized carbons (Fsp3) is 0.500. The molecule has 0 saturated carbocycles. The van der Waals surface area contributed by atoms with Gasteiger partial charge in [-0.3, -0.25) is 4.79 Å². The third kappa shape index (κ3) is 5.37. The highest BCUT2D eigenvalue weighted by atomic mass is 79.9. The van der Waals surface area contributed by atoms with Crippen LogP contribution in [0.4, 0.5) is 8.78 Å². The Kier molecular flexibility index (Phi) is 7.16. The molecular formula is C14H18BrF2NO. The number of nitrogens with two attached hydrogens (primary N) is 1. The van der Waals surface area contributed by atoms with Crippen LogP contribution in [-0.4, -0.2) is 12.3 Å². The highest BCUT2D eigenvalue weighted by Gasteiger charge is 2.15. The largest absolute Gasteiger partial charge is 0.330 e. The predicted molar refractivity (Wildman–Crippen MR) is 74.9 cm³/mol. The average Bonchev–Trinajstić information content (AvgIpc) is 2.39. The Morgan fingerprint density at radius 2 is 1.84 bits per heavy atom. The molecule has 0 aliphatic heterocycles. The monoisotopic (exact) mass is 333 g/mol. The first kappa shape index (κ1) is 16.2. The van der Waals surface area contributed by atoms with Crippen LogP contribution in [0.5, 0.6) is 0 Å². The van der Waals surface area contributed by atoms with Crippen molar-refractivity contribution in [2.45, 2.75) is 38.5 Å². The molecule has 0 spiro atoms. The summed E-state index contributed by atoms with van der Waals surface area (Å²) in [7, 11) is 0. The van der Waals surface area contributed by atoms with Gasteiger partial charge in [-0.2, -0.15) is 0 Å². The fourth-order valence-corrected chi connectivity index (χ4v) is 2.21. The molecule has 1 aromatic rings. The molecule has 106 valence electrons. The molecular weight excluding hydrogens is 316 g/mol. The Morgan fingerprint density at radius 1 is 1.16 bits per heavy atom. The zero-order chi connectivity index (χ0) is 14.3. The lowest BCUT2D eigenvalue weighted by molar-refractivity contribution is -0.118. The molecule has 5 heteroatoms. The summed E-state index contributed by atoms with van der Waals surface area (Å²) in [6, 6.07) is 2.46. The number of ketones is 1. The highest BCUT2D eigenvalue weighted by molar-refractivity contribution is 9.10. The quantitative estimate of drug-likeness (QED) is 0.581. The van der Waals surface area contributed by atoms with E-state index in [1.165, 1.54) is 6.07 Å². The minimum Gasteiger partial charge on any atom is -0.330 e. The molecule has 2 N–H and O–H groups in total. The molecule has 0 aliphatic carbocycles. The second-order valence-electron chi connectivity index (χ2n) is 4.49. The number of rotatable bonds is 8. The minimum absolute atomic E-state index is 0.136. The number of halogens is 3. The molecule has 0 unspecified atom stereocenters. The third-order valence-electron chi connectivity index (χ3n) is 2.92. The van der Waals surface area contributed by atoms with Crippen LogP contribution in [0.15, 0.2) is 16.6 Å². The Labute approximate surface area is 120 Å². The number of carbonyl (C=O) groups is 1. The smallest absolute Gasteiger partial charge is 0.143 e. The van der Waals surface area contributed by atoms with Gasteiger partial charge in [0.1, 0.15) is 17.4 Å². The Balaban J connectivity index is 2.47. The van der Waals surface area contributed by atoms with Crippen LogP contribution in [0.3, 0.4) is 0 Å². The Bertz CT molecular complexity index is 438. The van der Waals surface area contributed by atoms with Crippen molar-refractivity contribution in [1.29, 1.82) is 0 Å². The van der Waals surface area contributed by atoms with Gasteiger partial charge in [0.25, 0.3) is 0 Å². The van der Waals surface area contributed by atoms with Gasteiger partial charge in [-0.15, -0.1) is 0 Å². The van der Waals surface area contributed by atoms with Gasteiger partial charge < -0.3 is 5.73 Å². The number of carbonyl (C=O) groups excluding carboxylic acids is 1. The summed E-state index contributed by atoms with van der Waals surface area (Å²) in [6.45, 7) is 0.655. The standard InChI is InChI=1S/C14H18BrF2NO/c15-12-6-7-13(16)11(14(12)17)9-10(19)5-3-1-2-4-8-18/h6-7H,1-5,8-9,18H2. The van der Waals surface area contributed by atoms with Crippen LogP contribution in [0.25, 0.3) is 0 Å². The first-order chi connectivity index (χ1) is 9.06. The lowest BCUT2D eigenvalue weighted by Gasteiger charge is -2.06. The van der Waals surface area contributed by atoms with E-state index in [0.29, 0.717) is 13.0 Å². The minimum atomic E-state index is -0.684. The average molecular weight is 334 g/mol. The summed E-state index contributed by atoms with van der Waals surface area (Å²) in [6.07, 6.45) is 3.78. The van der Waals surface area contributed by atoms with Crippen molar-refractivity contribution < 1.29 is 13.6 Å². The van der Waals surface area contributed by atoms with E-state index in [-0.39, 0.29) is 22.2 Å². The van der Waals surface area contributed by atoms with Gasteiger partial charge in [0, 0.05) is 18.4 Å².